The quantitative estimate of drug-likeness (QED) is 0.814. The van der Waals surface area contributed by atoms with Gasteiger partial charge in [-0.05, 0) is 34.5 Å². The molecule has 0 bridgehead atoms. The number of amides is 1. The Bertz CT molecular complexity index is 340. The molecule has 1 aromatic heterocycles. The number of pyridine rings is 1. The van der Waals surface area contributed by atoms with Crippen molar-refractivity contribution in [2.24, 2.45) is 0 Å². The molecule has 0 aromatic carbocycles. The van der Waals surface area contributed by atoms with Crippen LogP contribution in [0.4, 0.5) is 0 Å². The second-order valence-electron chi connectivity index (χ2n) is 3.13. The van der Waals surface area contributed by atoms with E-state index in [1.807, 2.05) is 6.92 Å². The third-order valence-electron chi connectivity index (χ3n) is 2.04. The van der Waals surface area contributed by atoms with E-state index in [0.717, 1.165) is 0 Å². The molecule has 15 heavy (non-hydrogen) atoms. The number of carbonyl (C=O) groups is 1. The van der Waals surface area contributed by atoms with E-state index in [-0.39, 0.29) is 18.6 Å². The molecule has 0 saturated carbocycles. The average Bonchev–Trinajstić information content (AvgIpc) is 2.25. The summed E-state index contributed by atoms with van der Waals surface area (Å²) in [5, 5.41) is 11.7. The number of hydrogen-bond donors (Lipinski definition) is 2. The molecule has 0 saturated heterocycles. The van der Waals surface area contributed by atoms with Crippen LogP contribution in [0.1, 0.15) is 23.7 Å². The lowest BCUT2D eigenvalue weighted by atomic mass is 10.2. The summed E-state index contributed by atoms with van der Waals surface area (Å²) in [6.45, 7) is 1.86. The van der Waals surface area contributed by atoms with Gasteiger partial charge in [-0.25, -0.2) is 4.98 Å². The maximum atomic E-state index is 11.7. The Labute approximate surface area is 96.8 Å². The topological polar surface area (TPSA) is 62.2 Å². The third-order valence-corrected chi connectivity index (χ3v) is 2.47. The fourth-order valence-electron chi connectivity index (χ4n) is 1.09. The zero-order valence-corrected chi connectivity index (χ0v) is 9.99. The highest BCUT2D eigenvalue weighted by Gasteiger charge is 2.11. The van der Waals surface area contributed by atoms with Crippen LogP contribution >= 0.6 is 15.9 Å². The van der Waals surface area contributed by atoms with Gasteiger partial charge in [-0.1, -0.05) is 6.92 Å². The highest BCUT2D eigenvalue weighted by Crippen LogP contribution is 2.08. The van der Waals surface area contributed by atoms with Crippen LogP contribution in [0.15, 0.2) is 22.9 Å². The predicted octanol–water partition coefficient (Wildman–Crippen LogP) is 1.34. The fraction of sp³-hybridized carbons (Fsp3) is 0.400. The van der Waals surface area contributed by atoms with Crippen LogP contribution in [-0.2, 0) is 0 Å². The van der Waals surface area contributed by atoms with Gasteiger partial charge in [-0.2, -0.15) is 0 Å². The number of carbonyl (C=O) groups excluding carboxylic acids is 1. The standard InChI is InChI=1S/C10H13BrN2O2/c1-2-8(6-14)13-10(15)7-3-4-12-9(11)5-7/h3-5,8,14H,2,6H2,1H3,(H,13,15)/t8-/m0/s1. The number of halogens is 1. The molecular weight excluding hydrogens is 260 g/mol. The summed E-state index contributed by atoms with van der Waals surface area (Å²) in [7, 11) is 0. The monoisotopic (exact) mass is 272 g/mol. The van der Waals surface area contributed by atoms with Crippen molar-refractivity contribution in [3.63, 3.8) is 0 Å². The summed E-state index contributed by atoms with van der Waals surface area (Å²) in [5.41, 5.74) is 0.531. The number of aliphatic hydroxyl groups excluding tert-OH is 1. The van der Waals surface area contributed by atoms with Crippen molar-refractivity contribution in [3.05, 3.63) is 28.5 Å². The van der Waals surface area contributed by atoms with E-state index < -0.39 is 0 Å². The highest BCUT2D eigenvalue weighted by atomic mass is 79.9. The maximum Gasteiger partial charge on any atom is 0.251 e. The lowest BCUT2D eigenvalue weighted by molar-refractivity contribution is 0.0915. The number of nitrogens with one attached hydrogen (secondary N) is 1. The Hall–Kier alpha value is -0.940. The molecule has 1 aromatic rings. The second kappa shape index (κ2) is 5.82. The Morgan fingerprint density at radius 1 is 1.73 bits per heavy atom. The number of hydrogen-bond acceptors (Lipinski definition) is 3. The summed E-state index contributed by atoms with van der Waals surface area (Å²) in [6.07, 6.45) is 2.26. The first-order valence-electron chi connectivity index (χ1n) is 4.70. The van der Waals surface area contributed by atoms with Gasteiger partial charge in [0.15, 0.2) is 0 Å². The summed E-state index contributed by atoms with van der Waals surface area (Å²) in [5.74, 6) is -0.195. The van der Waals surface area contributed by atoms with Crippen LogP contribution in [0.3, 0.4) is 0 Å². The van der Waals surface area contributed by atoms with E-state index in [9.17, 15) is 4.79 Å². The van der Waals surface area contributed by atoms with Crippen LogP contribution in [0.5, 0.6) is 0 Å². The summed E-state index contributed by atoms with van der Waals surface area (Å²) < 4.78 is 0.618. The summed E-state index contributed by atoms with van der Waals surface area (Å²) >= 11 is 3.19. The van der Waals surface area contributed by atoms with Gasteiger partial charge < -0.3 is 10.4 Å². The van der Waals surface area contributed by atoms with E-state index in [4.69, 9.17) is 5.11 Å². The number of aromatic nitrogens is 1. The van der Waals surface area contributed by atoms with E-state index in [0.29, 0.717) is 16.6 Å². The van der Waals surface area contributed by atoms with Crippen LogP contribution < -0.4 is 5.32 Å². The summed E-state index contributed by atoms with van der Waals surface area (Å²) in [4.78, 5) is 15.6. The Balaban J connectivity index is 2.68. The molecule has 0 aliphatic rings. The second-order valence-corrected chi connectivity index (χ2v) is 3.94. The van der Waals surface area contributed by atoms with Crippen LogP contribution in [0, 0.1) is 0 Å². The van der Waals surface area contributed by atoms with Crippen molar-refractivity contribution in [2.45, 2.75) is 19.4 Å². The summed E-state index contributed by atoms with van der Waals surface area (Å²) in [6, 6.07) is 3.08. The van der Waals surface area contributed by atoms with Crippen molar-refractivity contribution in [3.8, 4) is 0 Å². The Morgan fingerprint density at radius 2 is 2.47 bits per heavy atom. The molecule has 82 valence electrons. The lowest BCUT2D eigenvalue weighted by Gasteiger charge is -2.13. The van der Waals surface area contributed by atoms with Crippen LogP contribution in [0.25, 0.3) is 0 Å². The van der Waals surface area contributed by atoms with E-state index >= 15 is 0 Å². The van der Waals surface area contributed by atoms with Gasteiger partial charge in [0.25, 0.3) is 5.91 Å². The molecule has 0 fully saturated rings. The molecule has 0 aliphatic heterocycles. The minimum absolute atomic E-state index is 0.0471. The Kier molecular flexibility index (Phi) is 4.71. The van der Waals surface area contributed by atoms with Crippen molar-refractivity contribution in [1.82, 2.24) is 10.3 Å². The normalized spacial score (nSPS) is 12.2. The number of nitrogens with zero attached hydrogens (tertiary/aromatic N) is 1. The zero-order chi connectivity index (χ0) is 11.3. The molecule has 0 unspecified atom stereocenters. The van der Waals surface area contributed by atoms with Gasteiger partial charge >= 0.3 is 0 Å². The van der Waals surface area contributed by atoms with Crippen molar-refractivity contribution in [2.75, 3.05) is 6.61 Å². The SMILES string of the molecule is CC[C@@H](CO)NC(=O)c1ccnc(Br)c1. The maximum absolute atomic E-state index is 11.7. The lowest BCUT2D eigenvalue weighted by Crippen LogP contribution is -2.36. The number of aliphatic hydroxyl groups is 1. The molecule has 1 heterocycles. The van der Waals surface area contributed by atoms with Crippen LogP contribution in [0.2, 0.25) is 0 Å². The minimum Gasteiger partial charge on any atom is -0.394 e. The molecule has 0 spiro atoms. The zero-order valence-electron chi connectivity index (χ0n) is 8.40. The molecule has 1 atom stereocenters. The predicted molar refractivity (Wildman–Crippen MR) is 60.6 cm³/mol. The smallest absolute Gasteiger partial charge is 0.251 e. The van der Waals surface area contributed by atoms with E-state index in [2.05, 4.69) is 26.2 Å². The van der Waals surface area contributed by atoms with Crippen molar-refractivity contribution < 1.29 is 9.90 Å². The molecule has 0 aliphatic carbocycles. The van der Waals surface area contributed by atoms with Gasteiger partial charge in [0.1, 0.15) is 4.60 Å². The largest absolute Gasteiger partial charge is 0.394 e. The first-order chi connectivity index (χ1) is 7.17. The first-order valence-corrected chi connectivity index (χ1v) is 5.50. The molecule has 1 amide bonds. The molecule has 5 heteroatoms. The molecule has 2 N–H and O–H groups in total. The van der Waals surface area contributed by atoms with Crippen LogP contribution in [-0.4, -0.2) is 28.6 Å². The van der Waals surface area contributed by atoms with Gasteiger partial charge in [0, 0.05) is 11.8 Å². The minimum atomic E-state index is -0.195. The van der Waals surface area contributed by atoms with E-state index in [1.165, 1.54) is 0 Å². The molecule has 1 rings (SSSR count). The van der Waals surface area contributed by atoms with Gasteiger partial charge in [0.05, 0.1) is 12.6 Å². The Morgan fingerprint density at radius 3 is 3.00 bits per heavy atom. The number of rotatable bonds is 4. The molecule has 4 nitrogen and oxygen atoms in total. The first kappa shape index (κ1) is 12.1. The van der Waals surface area contributed by atoms with Gasteiger partial charge in [0.2, 0.25) is 0 Å². The molecular formula is C10H13BrN2O2. The average molecular weight is 273 g/mol. The van der Waals surface area contributed by atoms with Crippen molar-refractivity contribution in [1.29, 1.82) is 0 Å². The third kappa shape index (κ3) is 3.60. The van der Waals surface area contributed by atoms with Gasteiger partial charge in [-0.15, -0.1) is 0 Å². The fourth-order valence-corrected chi connectivity index (χ4v) is 1.45. The van der Waals surface area contributed by atoms with E-state index in [1.54, 1.807) is 18.3 Å². The molecule has 0 radical (unpaired) electrons. The van der Waals surface area contributed by atoms with Gasteiger partial charge in [-0.3, -0.25) is 4.79 Å². The highest BCUT2D eigenvalue weighted by molar-refractivity contribution is 9.10. The van der Waals surface area contributed by atoms with Crippen molar-refractivity contribution >= 4 is 21.8 Å².